The van der Waals surface area contributed by atoms with Crippen molar-refractivity contribution in [1.82, 2.24) is 9.97 Å². The first-order valence-electron chi connectivity index (χ1n) is 12.5. The minimum absolute atomic E-state index is 0.00518. The Morgan fingerprint density at radius 2 is 1.65 bits per heavy atom. The van der Waals surface area contributed by atoms with Gasteiger partial charge in [0.2, 0.25) is 0 Å². The van der Waals surface area contributed by atoms with Crippen LogP contribution in [0.15, 0.2) is 53.1 Å². The van der Waals surface area contributed by atoms with E-state index in [4.69, 9.17) is 4.42 Å². The van der Waals surface area contributed by atoms with Gasteiger partial charge in [-0.15, -0.1) is 0 Å². The first-order valence-corrected chi connectivity index (χ1v) is 12.5. The fraction of sp³-hybridized carbons (Fsp3) is 0.462. The molecule has 0 atom stereocenters. The molecule has 0 spiro atoms. The maximum absolute atomic E-state index is 15.0. The molecule has 1 aromatic carbocycles. The molecule has 7 nitrogen and oxygen atoms in total. The van der Waals surface area contributed by atoms with Crippen LogP contribution in [0.2, 0.25) is 0 Å². The van der Waals surface area contributed by atoms with Gasteiger partial charge in [0.1, 0.15) is 12.4 Å². The van der Waals surface area contributed by atoms with E-state index in [-0.39, 0.29) is 16.8 Å². The Morgan fingerprint density at radius 3 is 2.27 bits per heavy atom. The Bertz CT molecular complexity index is 1170. The number of aliphatic hydroxyl groups is 1. The molecule has 11 heteroatoms. The van der Waals surface area contributed by atoms with Gasteiger partial charge in [-0.1, -0.05) is 34.8 Å². The summed E-state index contributed by atoms with van der Waals surface area (Å²) in [6, 6.07) is 12.5. The zero-order chi connectivity index (χ0) is 26.0. The summed E-state index contributed by atoms with van der Waals surface area (Å²) < 4.78 is 61.1. The lowest BCUT2D eigenvalue weighted by molar-refractivity contribution is -0.142. The molecule has 2 aliphatic rings. The van der Waals surface area contributed by atoms with Gasteiger partial charge in [-0.3, -0.25) is 0 Å². The average Bonchev–Trinajstić information content (AvgIpc) is 3.35. The standard InChI is InChI=1S/C26H29F4N5O2/c27-26(28,29)23-21(37-24(32-23)34-13-5-2-6-14-34)18-35(30)20-9-10-22(31-17-20)33-15-11-25(36,12-16-33)19-7-3-1-4-8-19/h1,3-4,7-10,17,36H,2,5-6,11-16,18H2. The largest absolute Gasteiger partial charge is 0.437 e. The van der Waals surface area contributed by atoms with Crippen LogP contribution in [0.5, 0.6) is 0 Å². The predicted octanol–water partition coefficient (Wildman–Crippen LogP) is 5.46. The predicted molar refractivity (Wildman–Crippen MR) is 131 cm³/mol. The summed E-state index contributed by atoms with van der Waals surface area (Å²) >= 11 is 0. The van der Waals surface area contributed by atoms with Crippen LogP contribution in [-0.2, 0) is 18.3 Å². The van der Waals surface area contributed by atoms with Crippen LogP contribution in [0.1, 0.15) is 49.1 Å². The molecule has 0 unspecified atom stereocenters. The topological polar surface area (TPSA) is 68.9 Å². The Kier molecular flexibility index (Phi) is 6.98. The molecule has 2 fully saturated rings. The maximum Gasteiger partial charge on any atom is 0.437 e. The molecule has 3 aromatic rings. The Balaban J connectivity index is 1.25. The van der Waals surface area contributed by atoms with Crippen LogP contribution >= 0.6 is 0 Å². The van der Waals surface area contributed by atoms with Gasteiger partial charge in [-0.25, -0.2) is 10.1 Å². The maximum atomic E-state index is 15.0. The Hall–Kier alpha value is -3.34. The number of rotatable bonds is 6. The van der Waals surface area contributed by atoms with E-state index in [2.05, 4.69) is 9.97 Å². The minimum Gasteiger partial charge on any atom is -0.426 e. The molecular formula is C26H29F4N5O2. The van der Waals surface area contributed by atoms with E-state index in [1.807, 2.05) is 35.2 Å². The highest BCUT2D eigenvalue weighted by Gasteiger charge is 2.40. The van der Waals surface area contributed by atoms with Gasteiger partial charge in [-0.2, -0.15) is 18.2 Å². The van der Waals surface area contributed by atoms with E-state index in [1.165, 1.54) is 12.3 Å². The van der Waals surface area contributed by atoms with Crippen molar-refractivity contribution in [2.24, 2.45) is 0 Å². The van der Waals surface area contributed by atoms with Crippen LogP contribution in [0.3, 0.4) is 0 Å². The van der Waals surface area contributed by atoms with Gasteiger partial charge in [0.05, 0.1) is 17.5 Å². The van der Waals surface area contributed by atoms with Crippen LogP contribution in [0.4, 0.5) is 35.2 Å². The lowest BCUT2D eigenvalue weighted by Gasteiger charge is -2.39. The number of alkyl halides is 3. The number of pyridine rings is 1. The number of nitrogens with zero attached hydrogens (tertiary/aromatic N) is 5. The van der Waals surface area contributed by atoms with Crippen molar-refractivity contribution in [3.05, 3.63) is 65.7 Å². The van der Waals surface area contributed by atoms with Gasteiger partial charge >= 0.3 is 6.18 Å². The summed E-state index contributed by atoms with van der Waals surface area (Å²) in [6.07, 6.45) is 0.238. The summed E-state index contributed by atoms with van der Waals surface area (Å²) in [7, 11) is 0. The molecule has 0 aliphatic carbocycles. The first-order chi connectivity index (χ1) is 17.7. The summed E-state index contributed by atoms with van der Waals surface area (Å²) in [5.41, 5.74) is -1.24. The SMILES string of the molecule is OC1(c2ccccc2)CCN(c2ccc(N(F)Cc3oc(N4CCCCC4)nc3C(F)(F)F)cn2)CC1. The van der Waals surface area contributed by atoms with Crippen LogP contribution in [0, 0.1) is 0 Å². The highest BCUT2D eigenvalue weighted by Crippen LogP contribution is 2.37. The number of hydrogen-bond donors (Lipinski definition) is 1. The van der Waals surface area contributed by atoms with Crippen molar-refractivity contribution in [1.29, 1.82) is 0 Å². The van der Waals surface area contributed by atoms with Gasteiger partial charge < -0.3 is 19.3 Å². The van der Waals surface area contributed by atoms with Gasteiger partial charge in [0.25, 0.3) is 6.01 Å². The third-order valence-corrected chi connectivity index (χ3v) is 7.10. The van der Waals surface area contributed by atoms with E-state index < -0.39 is 29.8 Å². The molecule has 4 heterocycles. The van der Waals surface area contributed by atoms with Crippen LogP contribution in [-0.4, -0.2) is 41.3 Å². The third-order valence-electron chi connectivity index (χ3n) is 7.10. The first kappa shape index (κ1) is 25.3. The number of oxazole rings is 1. The summed E-state index contributed by atoms with van der Waals surface area (Å²) in [5.74, 6) is 0.0335. The second-order valence-corrected chi connectivity index (χ2v) is 9.59. The molecule has 2 aliphatic heterocycles. The smallest absolute Gasteiger partial charge is 0.426 e. The number of anilines is 3. The molecule has 0 radical (unpaired) electrons. The molecular weight excluding hydrogens is 490 g/mol. The van der Waals surface area contributed by atoms with E-state index in [9.17, 15) is 22.8 Å². The Labute approximate surface area is 212 Å². The normalized spacial score (nSPS) is 18.2. The van der Waals surface area contributed by atoms with Crippen molar-refractivity contribution < 1.29 is 27.2 Å². The monoisotopic (exact) mass is 519 g/mol. The minimum atomic E-state index is -4.76. The van der Waals surface area contributed by atoms with Gasteiger partial charge in [0, 0.05) is 26.2 Å². The quantitative estimate of drug-likeness (QED) is 0.343. The molecule has 0 saturated carbocycles. The van der Waals surface area contributed by atoms with E-state index in [0.717, 1.165) is 24.8 Å². The van der Waals surface area contributed by atoms with Crippen LogP contribution in [0.25, 0.3) is 0 Å². The number of aromatic nitrogens is 2. The summed E-state index contributed by atoms with van der Waals surface area (Å²) in [4.78, 5) is 11.6. The highest BCUT2D eigenvalue weighted by atomic mass is 19.4. The number of benzene rings is 1. The molecule has 198 valence electrons. The third kappa shape index (κ3) is 5.51. The summed E-state index contributed by atoms with van der Waals surface area (Å²) in [5, 5.41) is 11.2. The van der Waals surface area contributed by atoms with Crippen molar-refractivity contribution in [3.63, 3.8) is 0 Å². The molecule has 2 saturated heterocycles. The van der Waals surface area contributed by atoms with Crippen LogP contribution < -0.4 is 14.9 Å². The molecule has 2 aromatic heterocycles. The van der Waals surface area contributed by atoms with Gasteiger partial charge in [0.15, 0.2) is 11.5 Å². The number of hydrogen-bond acceptors (Lipinski definition) is 7. The zero-order valence-electron chi connectivity index (χ0n) is 20.3. The fourth-order valence-corrected chi connectivity index (χ4v) is 4.96. The van der Waals surface area contributed by atoms with E-state index in [1.54, 1.807) is 11.0 Å². The zero-order valence-corrected chi connectivity index (χ0v) is 20.3. The van der Waals surface area contributed by atoms with E-state index in [0.29, 0.717) is 44.8 Å². The summed E-state index contributed by atoms with van der Waals surface area (Å²) in [6.45, 7) is 1.49. The molecule has 37 heavy (non-hydrogen) atoms. The second-order valence-electron chi connectivity index (χ2n) is 9.59. The second kappa shape index (κ2) is 10.2. The lowest BCUT2D eigenvalue weighted by Crippen LogP contribution is -2.42. The van der Waals surface area contributed by atoms with Crippen molar-refractivity contribution in [2.45, 2.75) is 50.4 Å². The van der Waals surface area contributed by atoms with E-state index >= 15 is 0 Å². The Morgan fingerprint density at radius 1 is 0.946 bits per heavy atom. The average molecular weight is 520 g/mol. The molecule has 1 N–H and O–H groups in total. The van der Waals surface area contributed by atoms with Crippen molar-refractivity contribution in [3.8, 4) is 0 Å². The molecule has 5 rings (SSSR count). The fourth-order valence-electron chi connectivity index (χ4n) is 4.96. The molecule has 0 bridgehead atoms. The van der Waals surface area contributed by atoms with Crippen molar-refractivity contribution >= 4 is 17.5 Å². The molecule has 0 amide bonds. The van der Waals surface area contributed by atoms with Crippen molar-refractivity contribution in [2.75, 3.05) is 41.1 Å². The highest BCUT2D eigenvalue weighted by molar-refractivity contribution is 5.50. The number of halogens is 4. The number of piperidine rings is 2. The van der Waals surface area contributed by atoms with Gasteiger partial charge in [-0.05, 0) is 49.8 Å². The lowest BCUT2D eigenvalue weighted by atomic mass is 9.84.